The minimum Gasteiger partial charge on any atom is -0.319 e. The third-order valence-corrected chi connectivity index (χ3v) is 2.98. The first kappa shape index (κ1) is 8.75. The van der Waals surface area contributed by atoms with Gasteiger partial charge in [0.2, 0.25) is 0 Å². The molecule has 0 aliphatic heterocycles. The van der Waals surface area contributed by atoms with Gasteiger partial charge in [-0.05, 0) is 26.8 Å². The van der Waals surface area contributed by atoms with E-state index in [1.807, 2.05) is 18.8 Å². The van der Waals surface area contributed by atoms with Gasteiger partial charge in [0.1, 0.15) is 0 Å². The lowest BCUT2D eigenvalue weighted by molar-refractivity contribution is 0.607. The van der Waals surface area contributed by atoms with Crippen molar-refractivity contribution in [1.82, 2.24) is 15.1 Å². The SMILES string of the molecule is CNCC1CCc2c1c(C)nn2C. The fourth-order valence-electron chi connectivity index (χ4n) is 2.46. The van der Waals surface area contributed by atoms with Crippen molar-refractivity contribution >= 4 is 0 Å². The molecule has 0 bridgehead atoms. The molecule has 0 aromatic carbocycles. The van der Waals surface area contributed by atoms with Crippen LogP contribution < -0.4 is 5.32 Å². The van der Waals surface area contributed by atoms with Gasteiger partial charge in [-0.1, -0.05) is 0 Å². The highest BCUT2D eigenvalue weighted by Crippen LogP contribution is 2.34. The maximum atomic E-state index is 4.45. The Bertz CT molecular complexity index is 314. The molecule has 1 heterocycles. The van der Waals surface area contributed by atoms with Crippen LogP contribution in [-0.4, -0.2) is 23.4 Å². The highest BCUT2D eigenvalue weighted by Gasteiger charge is 2.27. The predicted octanol–water partition coefficient (Wildman–Crippen LogP) is 0.978. The van der Waals surface area contributed by atoms with Crippen LogP contribution in [-0.2, 0) is 13.5 Å². The van der Waals surface area contributed by atoms with E-state index in [1.165, 1.54) is 29.8 Å². The smallest absolute Gasteiger partial charge is 0.0631 e. The molecule has 0 radical (unpaired) electrons. The Morgan fingerprint density at radius 1 is 1.62 bits per heavy atom. The van der Waals surface area contributed by atoms with Gasteiger partial charge >= 0.3 is 0 Å². The van der Waals surface area contributed by atoms with E-state index in [4.69, 9.17) is 0 Å². The molecule has 13 heavy (non-hydrogen) atoms. The van der Waals surface area contributed by atoms with Gasteiger partial charge in [0, 0.05) is 30.8 Å². The van der Waals surface area contributed by atoms with Crippen molar-refractivity contribution in [2.24, 2.45) is 7.05 Å². The molecule has 0 saturated carbocycles. The quantitative estimate of drug-likeness (QED) is 0.733. The Morgan fingerprint density at radius 2 is 2.38 bits per heavy atom. The lowest BCUT2D eigenvalue weighted by Gasteiger charge is -2.08. The Morgan fingerprint density at radius 3 is 3.08 bits per heavy atom. The standard InChI is InChI=1S/C10H17N3/c1-7-10-8(6-11-2)4-5-9(10)13(3)12-7/h8,11H,4-6H2,1-3H3. The largest absolute Gasteiger partial charge is 0.319 e. The van der Waals surface area contributed by atoms with E-state index in [0.29, 0.717) is 5.92 Å². The molecule has 0 fully saturated rings. The number of hydrogen-bond donors (Lipinski definition) is 1. The lowest BCUT2D eigenvalue weighted by Crippen LogP contribution is -2.15. The highest BCUT2D eigenvalue weighted by atomic mass is 15.3. The molecule has 3 heteroatoms. The van der Waals surface area contributed by atoms with Gasteiger partial charge < -0.3 is 5.32 Å². The molecule has 1 unspecified atom stereocenters. The molecule has 1 aliphatic carbocycles. The van der Waals surface area contributed by atoms with E-state index in [-0.39, 0.29) is 0 Å². The van der Waals surface area contributed by atoms with Gasteiger partial charge in [-0.2, -0.15) is 5.10 Å². The zero-order valence-electron chi connectivity index (χ0n) is 8.59. The first-order valence-electron chi connectivity index (χ1n) is 4.91. The van der Waals surface area contributed by atoms with Crippen LogP contribution >= 0.6 is 0 Å². The van der Waals surface area contributed by atoms with Crippen LogP contribution in [0.15, 0.2) is 0 Å². The maximum Gasteiger partial charge on any atom is 0.0631 e. The van der Waals surface area contributed by atoms with Crippen LogP contribution in [0.1, 0.15) is 29.3 Å². The van der Waals surface area contributed by atoms with Gasteiger partial charge in [-0.15, -0.1) is 0 Å². The summed E-state index contributed by atoms with van der Waals surface area (Å²) in [5, 5.41) is 7.70. The number of nitrogens with one attached hydrogen (secondary N) is 1. The molecule has 1 atom stereocenters. The Kier molecular flexibility index (Phi) is 2.12. The van der Waals surface area contributed by atoms with E-state index >= 15 is 0 Å². The second-order valence-corrected chi connectivity index (χ2v) is 3.86. The minimum absolute atomic E-state index is 0.689. The first-order valence-corrected chi connectivity index (χ1v) is 4.91. The fraction of sp³-hybridized carbons (Fsp3) is 0.700. The molecule has 1 aromatic rings. The van der Waals surface area contributed by atoms with Crippen molar-refractivity contribution in [2.75, 3.05) is 13.6 Å². The van der Waals surface area contributed by atoms with Crippen molar-refractivity contribution in [3.63, 3.8) is 0 Å². The summed E-state index contributed by atoms with van der Waals surface area (Å²) in [6.07, 6.45) is 2.47. The lowest BCUT2D eigenvalue weighted by atomic mass is 10.0. The molecular weight excluding hydrogens is 162 g/mol. The second kappa shape index (κ2) is 3.14. The van der Waals surface area contributed by atoms with Gasteiger partial charge in [0.25, 0.3) is 0 Å². The molecular formula is C10H17N3. The third kappa shape index (κ3) is 1.27. The number of aromatic nitrogens is 2. The summed E-state index contributed by atoms with van der Waals surface area (Å²) in [7, 11) is 4.07. The third-order valence-electron chi connectivity index (χ3n) is 2.98. The van der Waals surface area contributed by atoms with E-state index in [1.54, 1.807) is 0 Å². The zero-order chi connectivity index (χ0) is 9.42. The Labute approximate surface area is 79.1 Å². The number of likely N-dealkylation sites (N-methyl/N-ethyl adjacent to an activating group) is 1. The number of aryl methyl sites for hydroxylation is 2. The summed E-state index contributed by atoms with van der Waals surface area (Å²) >= 11 is 0. The molecule has 72 valence electrons. The van der Waals surface area contributed by atoms with Crippen molar-refractivity contribution in [1.29, 1.82) is 0 Å². The van der Waals surface area contributed by atoms with Crippen molar-refractivity contribution < 1.29 is 0 Å². The molecule has 3 nitrogen and oxygen atoms in total. The summed E-state index contributed by atoms with van der Waals surface area (Å²) in [6.45, 7) is 3.20. The molecule has 0 spiro atoms. The molecule has 1 aromatic heterocycles. The van der Waals surface area contributed by atoms with Gasteiger partial charge in [-0.25, -0.2) is 0 Å². The molecule has 1 aliphatic rings. The predicted molar refractivity (Wildman–Crippen MR) is 52.9 cm³/mol. The minimum atomic E-state index is 0.689. The van der Waals surface area contributed by atoms with Crippen molar-refractivity contribution in [3.8, 4) is 0 Å². The van der Waals surface area contributed by atoms with E-state index in [9.17, 15) is 0 Å². The van der Waals surface area contributed by atoms with Crippen LogP contribution in [0.4, 0.5) is 0 Å². The van der Waals surface area contributed by atoms with Crippen LogP contribution in [0, 0.1) is 6.92 Å². The molecule has 0 saturated heterocycles. The summed E-state index contributed by atoms with van der Waals surface area (Å²) in [5.74, 6) is 0.689. The average Bonchev–Trinajstić information content (AvgIpc) is 2.58. The summed E-state index contributed by atoms with van der Waals surface area (Å²) in [4.78, 5) is 0. The maximum absolute atomic E-state index is 4.45. The highest BCUT2D eigenvalue weighted by molar-refractivity contribution is 5.34. The zero-order valence-corrected chi connectivity index (χ0v) is 8.59. The number of nitrogens with zero attached hydrogens (tertiary/aromatic N) is 2. The van der Waals surface area contributed by atoms with Crippen LogP contribution in [0.5, 0.6) is 0 Å². The molecule has 1 N–H and O–H groups in total. The van der Waals surface area contributed by atoms with E-state index < -0.39 is 0 Å². The van der Waals surface area contributed by atoms with Gasteiger partial charge in [0.05, 0.1) is 5.69 Å². The van der Waals surface area contributed by atoms with Crippen molar-refractivity contribution in [3.05, 3.63) is 17.0 Å². The van der Waals surface area contributed by atoms with Gasteiger partial charge in [-0.3, -0.25) is 4.68 Å². The first-order chi connectivity index (χ1) is 6.24. The van der Waals surface area contributed by atoms with E-state index in [2.05, 4.69) is 17.3 Å². The van der Waals surface area contributed by atoms with Crippen LogP contribution in [0.25, 0.3) is 0 Å². The molecule has 2 rings (SSSR count). The fourth-order valence-corrected chi connectivity index (χ4v) is 2.46. The van der Waals surface area contributed by atoms with E-state index in [0.717, 1.165) is 6.54 Å². The normalized spacial score (nSPS) is 20.7. The number of hydrogen-bond acceptors (Lipinski definition) is 2. The van der Waals surface area contributed by atoms with Crippen LogP contribution in [0.3, 0.4) is 0 Å². The number of rotatable bonds is 2. The topological polar surface area (TPSA) is 29.9 Å². The van der Waals surface area contributed by atoms with Crippen LogP contribution in [0.2, 0.25) is 0 Å². The molecule has 0 amide bonds. The average molecular weight is 179 g/mol. The Hall–Kier alpha value is -0.830. The second-order valence-electron chi connectivity index (χ2n) is 3.86. The summed E-state index contributed by atoms with van der Waals surface area (Å²) in [5.41, 5.74) is 4.16. The number of fused-ring (bicyclic) bond motifs is 1. The van der Waals surface area contributed by atoms with Crippen molar-refractivity contribution in [2.45, 2.75) is 25.7 Å². The monoisotopic (exact) mass is 179 g/mol. The summed E-state index contributed by atoms with van der Waals surface area (Å²) in [6, 6.07) is 0. The van der Waals surface area contributed by atoms with Gasteiger partial charge in [0.15, 0.2) is 0 Å². The summed E-state index contributed by atoms with van der Waals surface area (Å²) < 4.78 is 2.04. The Balaban J connectivity index is 2.35.